The average Bonchev–Trinajstić information content (AvgIpc) is 2.37. The Morgan fingerprint density at radius 1 is 1.25 bits per heavy atom. The summed E-state index contributed by atoms with van der Waals surface area (Å²) in [6.07, 6.45) is 4.28. The van der Waals surface area contributed by atoms with Crippen LogP contribution in [0.1, 0.15) is 50.7 Å². The van der Waals surface area contributed by atoms with Gasteiger partial charge in [-0.25, -0.2) is 0 Å². The molecule has 2 nitrogen and oxygen atoms in total. The minimum atomic E-state index is 0.283. The lowest BCUT2D eigenvalue weighted by Crippen LogP contribution is -2.32. The Kier molecular flexibility index (Phi) is 2.99. The quantitative estimate of drug-likeness (QED) is 0.594. The number of nitrogens with zero attached hydrogens (tertiary/aromatic N) is 1. The molecule has 1 aliphatic carbocycles. The average molecular weight is 217 g/mol. The lowest BCUT2D eigenvalue weighted by molar-refractivity contribution is 0.311. The van der Waals surface area contributed by atoms with Gasteiger partial charge in [0.05, 0.1) is 5.71 Å². The predicted molar refractivity (Wildman–Crippen MR) is 66.3 cm³/mol. The Hall–Kier alpha value is -1.31. The molecule has 0 radical (unpaired) electrons. The van der Waals surface area contributed by atoms with E-state index in [0.717, 1.165) is 37.0 Å². The van der Waals surface area contributed by atoms with Crippen LogP contribution in [0.3, 0.4) is 0 Å². The molecule has 0 saturated carbocycles. The molecule has 0 spiro atoms. The van der Waals surface area contributed by atoms with Gasteiger partial charge in [-0.2, -0.15) is 0 Å². The summed E-state index contributed by atoms with van der Waals surface area (Å²) in [5.41, 5.74) is 3.62. The van der Waals surface area contributed by atoms with E-state index in [4.69, 9.17) is 5.21 Å². The highest BCUT2D eigenvalue weighted by Gasteiger charge is 2.35. The molecule has 1 aliphatic rings. The van der Waals surface area contributed by atoms with Gasteiger partial charge < -0.3 is 5.21 Å². The van der Waals surface area contributed by atoms with Crippen molar-refractivity contribution in [2.24, 2.45) is 5.16 Å². The van der Waals surface area contributed by atoms with Gasteiger partial charge in [-0.15, -0.1) is 0 Å². The maximum atomic E-state index is 9.04. The summed E-state index contributed by atoms with van der Waals surface area (Å²) in [6.45, 7) is 4.50. The van der Waals surface area contributed by atoms with Crippen LogP contribution in [0, 0.1) is 0 Å². The SMILES string of the molecule is CCC1(CC)CCC(=NO)c2ccccc21. The molecule has 86 valence electrons. The van der Waals surface area contributed by atoms with Crippen molar-refractivity contribution in [3.63, 3.8) is 0 Å². The molecule has 0 atom stereocenters. The second kappa shape index (κ2) is 4.28. The first-order valence-electron chi connectivity index (χ1n) is 6.08. The summed E-state index contributed by atoms with van der Waals surface area (Å²) in [5.74, 6) is 0. The van der Waals surface area contributed by atoms with Crippen LogP contribution in [-0.4, -0.2) is 10.9 Å². The summed E-state index contributed by atoms with van der Waals surface area (Å²) >= 11 is 0. The molecule has 0 amide bonds. The molecule has 0 saturated heterocycles. The topological polar surface area (TPSA) is 32.6 Å². The first-order valence-corrected chi connectivity index (χ1v) is 6.08. The molecule has 1 aromatic rings. The van der Waals surface area contributed by atoms with Crippen molar-refractivity contribution in [2.75, 3.05) is 0 Å². The number of oxime groups is 1. The zero-order valence-corrected chi connectivity index (χ0v) is 10.0. The monoisotopic (exact) mass is 217 g/mol. The molecule has 1 N–H and O–H groups in total. The summed E-state index contributed by atoms with van der Waals surface area (Å²) in [7, 11) is 0. The summed E-state index contributed by atoms with van der Waals surface area (Å²) in [5, 5.41) is 12.5. The maximum absolute atomic E-state index is 9.04. The van der Waals surface area contributed by atoms with Crippen molar-refractivity contribution in [3.05, 3.63) is 35.4 Å². The van der Waals surface area contributed by atoms with Crippen LogP contribution in [-0.2, 0) is 5.41 Å². The Morgan fingerprint density at radius 2 is 1.94 bits per heavy atom. The smallest absolute Gasteiger partial charge is 0.0871 e. The number of hydrogen-bond donors (Lipinski definition) is 1. The minimum Gasteiger partial charge on any atom is -0.411 e. The van der Waals surface area contributed by atoms with Gasteiger partial charge in [0, 0.05) is 5.56 Å². The number of benzene rings is 1. The molecular weight excluding hydrogens is 198 g/mol. The standard InChI is InChI=1S/C14H19NO/c1-3-14(4-2)10-9-13(15-16)11-7-5-6-8-12(11)14/h5-8,16H,3-4,9-10H2,1-2H3. The van der Waals surface area contributed by atoms with Gasteiger partial charge in [-0.05, 0) is 36.7 Å². The molecule has 0 bridgehead atoms. The molecule has 0 aromatic heterocycles. The normalized spacial score (nSPS) is 20.8. The van der Waals surface area contributed by atoms with E-state index in [-0.39, 0.29) is 5.41 Å². The third-order valence-electron chi connectivity index (χ3n) is 4.12. The second-order valence-electron chi connectivity index (χ2n) is 4.58. The van der Waals surface area contributed by atoms with Crippen LogP contribution >= 0.6 is 0 Å². The summed E-state index contributed by atoms with van der Waals surface area (Å²) in [4.78, 5) is 0. The lowest BCUT2D eigenvalue weighted by Gasteiger charge is -2.38. The Bertz CT molecular complexity index is 405. The maximum Gasteiger partial charge on any atom is 0.0871 e. The second-order valence-corrected chi connectivity index (χ2v) is 4.58. The predicted octanol–water partition coefficient (Wildman–Crippen LogP) is 3.72. The number of fused-ring (bicyclic) bond motifs is 1. The van der Waals surface area contributed by atoms with E-state index in [1.165, 1.54) is 5.56 Å². The lowest BCUT2D eigenvalue weighted by atomic mass is 9.66. The van der Waals surface area contributed by atoms with Crippen molar-refractivity contribution in [3.8, 4) is 0 Å². The zero-order valence-electron chi connectivity index (χ0n) is 10.0. The Balaban J connectivity index is 2.58. The van der Waals surface area contributed by atoms with Crippen molar-refractivity contribution in [1.82, 2.24) is 0 Å². The first-order chi connectivity index (χ1) is 7.77. The van der Waals surface area contributed by atoms with Crippen LogP contribution < -0.4 is 0 Å². The van der Waals surface area contributed by atoms with Crippen molar-refractivity contribution < 1.29 is 5.21 Å². The van der Waals surface area contributed by atoms with Gasteiger partial charge in [0.2, 0.25) is 0 Å². The van der Waals surface area contributed by atoms with Crippen LogP contribution in [0.25, 0.3) is 0 Å². The molecule has 0 heterocycles. The highest BCUT2D eigenvalue weighted by atomic mass is 16.4. The van der Waals surface area contributed by atoms with E-state index in [1.54, 1.807) is 0 Å². The van der Waals surface area contributed by atoms with Crippen molar-refractivity contribution in [1.29, 1.82) is 0 Å². The third kappa shape index (κ3) is 1.53. The highest BCUT2D eigenvalue weighted by molar-refractivity contribution is 6.02. The molecule has 1 aromatic carbocycles. The van der Waals surface area contributed by atoms with E-state index in [9.17, 15) is 0 Å². The van der Waals surface area contributed by atoms with E-state index in [0.29, 0.717) is 0 Å². The fraction of sp³-hybridized carbons (Fsp3) is 0.500. The third-order valence-corrected chi connectivity index (χ3v) is 4.12. The van der Waals surface area contributed by atoms with Crippen molar-refractivity contribution >= 4 is 5.71 Å². The first kappa shape index (κ1) is 11.2. The molecule has 0 fully saturated rings. The Labute approximate surface area is 97.0 Å². The minimum absolute atomic E-state index is 0.283. The Morgan fingerprint density at radius 3 is 2.56 bits per heavy atom. The number of hydrogen-bond acceptors (Lipinski definition) is 2. The molecular formula is C14H19NO. The van der Waals surface area contributed by atoms with Gasteiger partial charge in [-0.3, -0.25) is 0 Å². The molecule has 0 aliphatic heterocycles. The van der Waals surface area contributed by atoms with Gasteiger partial charge in [0.25, 0.3) is 0 Å². The van der Waals surface area contributed by atoms with E-state index >= 15 is 0 Å². The number of rotatable bonds is 2. The molecule has 2 heteroatoms. The van der Waals surface area contributed by atoms with Crippen LogP contribution in [0.5, 0.6) is 0 Å². The van der Waals surface area contributed by atoms with Crippen LogP contribution in [0.4, 0.5) is 0 Å². The summed E-state index contributed by atoms with van der Waals surface area (Å²) < 4.78 is 0. The van der Waals surface area contributed by atoms with Crippen molar-refractivity contribution in [2.45, 2.75) is 44.9 Å². The van der Waals surface area contributed by atoms with Gasteiger partial charge in [0.15, 0.2) is 0 Å². The summed E-state index contributed by atoms with van der Waals surface area (Å²) in [6, 6.07) is 8.36. The zero-order chi connectivity index (χ0) is 11.6. The van der Waals surface area contributed by atoms with Crippen LogP contribution in [0.15, 0.2) is 29.4 Å². The van der Waals surface area contributed by atoms with Crippen LogP contribution in [0.2, 0.25) is 0 Å². The van der Waals surface area contributed by atoms with Gasteiger partial charge in [0.1, 0.15) is 0 Å². The fourth-order valence-electron chi connectivity index (χ4n) is 2.91. The molecule has 16 heavy (non-hydrogen) atoms. The van der Waals surface area contributed by atoms with E-state index in [2.05, 4.69) is 37.2 Å². The van der Waals surface area contributed by atoms with E-state index in [1.807, 2.05) is 6.07 Å². The van der Waals surface area contributed by atoms with Gasteiger partial charge in [-0.1, -0.05) is 43.3 Å². The molecule has 0 unspecified atom stereocenters. The van der Waals surface area contributed by atoms with E-state index < -0.39 is 0 Å². The highest BCUT2D eigenvalue weighted by Crippen LogP contribution is 2.42. The molecule has 2 rings (SSSR count). The largest absolute Gasteiger partial charge is 0.411 e. The van der Waals surface area contributed by atoms with Gasteiger partial charge >= 0.3 is 0 Å². The fourth-order valence-corrected chi connectivity index (χ4v) is 2.91.